The second-order valence-corrected chi connectivity index (χ2v) is 4.07. The minimum absolute atomic E-state index is 0. The SMILES string of the molecule is CC(=O)c1c(C)nn(-c2c(F)c(F)cc(F)c2F)c1O.[Zn]. The van der Waals surface area contributed by atoms with E-state index in [0.717, 1.165) is 6.92 Å². The van der Waals surface area contributed by atoms with Crippen LogP contribution in [0.1, 0.15) is 23.0 Å². The number of aryl methyl sites for hydroxylation is 1. The molecule has 0 radical (unpaired) electrons. The summed E-state index contributed by atoms with van der Waals surface area (Å²) in [4.78, 5) is 11.3. The zero-order chi connectivity index (χ0) is 15.2. The minimum atomic E-state index is -1.73. The first-order valence-corrected chi connectivity index (χ1v) is 5.38. The van der Waals surface area contributed by atoms with Gasteiger partial charge in [0.1, 0.15) is 11.3 Å². The van der Waals surface area contributed by atoms with Crippen molar-refractivity contribution in [3.05, 3.63) is 40.6 Å². The Morgan fingerprint density at radius 1 is 1.19 bits per heavy atom. The predicted octanol–water partition coefficient (Wildman–Crippen LogP) is 2.64. The normalized spacial score (nSPS) is 10.4. The number of carbonyl (C=O) groups excluding carboxylic acids is 1. The van der Waals surface area contributed by atoms with Crippen molar-refractivity contribution in [2.45, 2.75) is 13.8 Å². The van der Waals surface area contributed by atoms with Crippen molar-refractivity contribution in [1.82, 2.24) is 9.78 Å². The Morgan fingerprint density at radius 2 is 1.67 bits per heavy atom. The standard InChI is InChI=1S/C12H8F4N2O2.Zn/c1-4-8(5(2)19)12(20)18(17-4)11-9(15)6(13)3-7(14)10(11)16;/h3,20H,1-2H3;. The van der Waals surface area contributed by atoms with E-state index in [9.17, 15) is 27.5 Å². The van der Waals surface area contributed by atoms with Crippen LogP contribution >= 0.6 is 0 Å². The molecule has 1 aromatic carbocycles. The van der Waals surface area contributed by atoms with E-state index in [1.165, 1.54) is 6.92 Å². The Morgan fingerprint density at radius 3 is 2.05 bits per heavy atom. The number of Topliss-reactive ketones (excluding diaryl/α,β-unsaturated/α-hetero) is 1. The molecular formula is C12H8F4N2O2Zn. The zero-order valence-corrected chi connectivity index (χ0v) is 14.0. The zero-order valence-electron chi connectivity index (χ0n) is 11.0. The average Bonchev–Trinajstić information content (AvgIpc) is 2.63. The van der Waals surface area contributed by atoms with Crippen LogP contribution in [-0.4, -0.2) is 20.7 Å². The number of rotatable bonds is 2. The van der Waals surface area contributed by atoms with Crippen LogP contribution in [0, 0.1) is 30.2 Å². The monoisotopic (exact) mass is 352 g/mol. The van der Waals surface area contributed by atoms with Gasteiger partial charge in [-0.1, -0.05) is 0 Å². The number of aromatic hydroxyl groups is 1. The van der Waals surface area contributed by atoms with E-state index < -0.39 is 40.6 Å². The molecule has 1 aromatic heterocycles. The largest absolute Gasteiger partial charge is 0.493 e. The van der Waals surface area contributed by atoms with Gasteiger partial charge >= 0.3 is 0 Å². The summed E-state index contributed by atoms with van der Waals surface area (Å²) in [5, 5.41) is 13.3. The molecule has 1 N–H and O–H groups in total. The molecule has 0 aliphatic rings. The summed E-state index contributed by atoms with van der Waals surface area (Å²) in [6.07, 6.45) is 0. The molecule has 0 saturated heterocycles. The van der Waals surface area contributed by atoms with Crippen molar-refractivity contribution in [3.8, 4) is 11.6 Å². The van der Waals surface area contributed by atoms with Crippen LogP contribution in [0.5, 0.6) is 5.88 Å². The van der Waals surface area contributed by atoms with Crippen molar-refractivity contribution in [1.29, 1.82) is 0 Å². The number of nitrogens with zero attached hydrogens (tertiary/aromatic N) is 2. The van der Waals surface area contributed by atoms with Gasteiger partial charge in [0.2, 0.25) is 5.88 Å². The molecule has 0 aliphatic carbocycles. The van der Waals surface area contributed by atoms with Gasteiger partial charge in [-0.05, 0) is 13.8 Å². The third-order valence-electron chi connectivity index (χ3n) is 2.69. The van der Waals surface area contributed by atoms with E-state index in [2.05, 4.69) is 5.10 Å². The van der Waals surface area contributed by atoms with Crippen LogP contribution in [-0.2, 0) is 19.5 Å². The van der Waals surface area contributed by atoms with Gasteiger partial charge in [0.15, 0.2) is 29.1 Å². The van der Waals surface area contributed by atoms with Crippen LogP contribution in [0.3, 0.4) is 0 Å². The van der Waals surface area contributed by atoms with Crippen molar-refractivity contribution >= 4 is 5.78 Å². The second-order valence-electron chi connectivity index (χ2n) is 4.07. The maximum absolute atomic E-state index is 13.6. The molecule has 1 heterocycles. The average molecular weight is 354 g/mol. The van der Waals surface area contributed by atoms with E-state index in [4.69, 9.17) is 0 Å². The van der Waals surface area contributed by atoms with Crippen LogP contribution in [0.2, 0.25) is 0 Å². The number of hydrogen-bond donors (Lipinski definition) is 1. The number of halogens is 4. The first-order chi connectivity index (χ1) is 9.25. The Balaban J connectivity index is 0.00000220. The summed E-state index contributed by atoms with van der Waals surface area (Å²) in [7, 11) is 0. The van der Waals surface area contributed by atoms with Crippen LogP contribution in [0.4, 0.5) is 17.6 Å². The van der Waals surface area contributed by atoms with E-state index in [1.807, 2.05) is 0 Å². The Kier molecular flexibility index (Phi) is 4.88. The topological polar surface area (TPSA) is 55.1 Å². The molecule has 9 heteroatoms. The number of benzene rings is 1. The molecule has 4 nitrogen and oxygen atoms in total. The van der Waals surface area contributed by atoms with Crippen molar-refractivity contribution < 1.29 is 46.9 Å². The van der Waals surface area contributed by atoms with Crippen LogP contribution in [0.25, 0.3) is 5.69 Å². The fourth-order valence-electron chi connectivity index (χ4n) is 1.83. The van der Waals surface area contributed by atoms with Crippen LogP contribution in [0.15, 0.2) is 6.07 Å². The van der Waals surface area contributed by atoms with Gasteiger partial charge < -0.3 is 5.11 Å². The van der Waals surface area contributed by atoms with Crippen molar-refractivity contribution in [2.24, 2.45) is 0 Å². The number of hydrogen-bond acceptors (Lipinski definition) is 3. The molecule has 0 amide bonds. The second kappa shape index (κ2) is 5.93. The molecule has 0 spiro atoms. The Labute approximate surface area is 129 Å². The van der Waals surface area contributed by atoms with Crippen molar-refractivity contribution in [2.75, 3.05) is 0 Å². The van der Waals surface area contributed by atoms with Gasteiger partial charge in [-0.2, -0.15) is 9.78 Å². The molecule has 108 valence electrons. The van der Waals surface area contributed by atoms with Gasteiger partial charge in [-0.15, -0.1) is 0 Å². The number of carbonyl (C=O) groups is 1. The fourth-order valence-corrected chi connectivity index (χ4v) is 1.83. The Bertz CT molecular complexity index is 705. The molecule has 2 aromatic rings. The fraction of sp³-hybridized carbons (Fsp3) is 0.167. The van der Waals surface area contributed by atoms with E-state index in [0.29, 0.717) is 0 Å². The molecule has 0 fully saturated rings. The van der Waals surface area contributed by atoms with Gasteiger partial charge in [-0.25, -0.2) is 17.6 Å². The summed E-state index contributed by atoms with van der Waals surface area (Å²) in [5.74, 6) is -8.23. The molecule has 0 atom stereocenters. The molecular weight excluding hydrogens is 346 g/mol. The number of ketones is 1. The summed E-state index contributed by atoms with van der Waals surface area (Å²) in [5.41, 5.74) is -1.54. The first-order valence-electron chi connectivity index (χ1n) is 5.38. The summed E-state index contributed by atoms with van der Waals surface area (Å²) in [6, 6.07) is 0.0352. The maximum atomic E-state index is 13.6. The minimum Gasteiger partial charge on any atom is -0.493 e. The van der Waals surface area contributed by atoms with Gasteiger partial charge in [-0.3, -0.25) is 4.79 Å². The summed E-state index contributed by atoms with van der Waals surface area (Å²) < 4.78 is 53.7. The molecule has 2 rings (SSSR count). The molecule has 21 heavy (non-hydrogen) atoms. The van der Waals surface area contributed by atoms with Gasteiger partial charge in [0.05, 0.1) is 5.69 Å². The third-order valence-corrected chi connectivity index (χ3v) is 2.69. The van der Waals surface area contributed by atoms with Gasteiger partial charge in [0, 0.05) is 25.5 Å². The van der Waals surface area contributed by atoms with Crippen molar-refractivity contribution in [3.63, 3.8) is 0 Å². The Hall–Kier alpha value is -1.76. The maximum Gasteiger partial charge on any atom is 0.225 e. The van der Waals surface area contributed by atoms with Gasteiger partial charge in [0.25, 0.3) is 0 Å². The number of aromatic nitrogens is 2. The predicted molar refractivity (Wildman–Crippen MR) is 59.8 cm³/mol. The summed E-state index contributed by atoms with van der Waals surface area (Å²) >= 11 is 0. The van der Waals surface area contributed by atoms with E-state index in [1.54, 1.807) is 0 Å². The van der Waals surface area contributed by atoms with Crippen LogP contribution < -0.4 is 0 Å². The molecule has 0 saturated carbocycles. The van der Waals surface area contributed by atoms with E-state index in [-0.39, 0.29) is 41.5 Å². The molecule has 0 unspecified atom stereocenters. The molecule has 0 aliphatic heterocycles. The summed E-state index contributed by atoms with van der Waals surface area (Å²) in [6.45, 7) is 2.41. The first kappa shape index (κ1) is 17.3. The smallest absolute Gasteiger partial charge is 0.225 e. The quantitative estimate of drug-likeness (QED) is 0.391. The third kappa shape index (κ3) is 2.70. The molecule has 0 bridgehead atoms. The van der Waals surface area contributed by atoms with E-state index >= 15 is 0 Å².